The zero-order chi connectivity index (χ0) is 26.2. The quantitative estimate of drug-likeness (QED) is 0.221. The lowest BCUT2D eigenvalue weighted by atomic mass is 10.3. The van der Waals surface area contributed by atoms with Crippen molar-refractivity contribution < 1.29 is 9.15 Å². The van der Waals surface area contributed by atoms with E-state index in [1.54, 1.807) is 49.6 Å². The van der Waals surface area contributed by atoms with Crippen molar-refractivity contribution in [3.05, 3.63) is 83.3 Å². The van der Waals surface area contributed by atoms with Gasteiger partial charge in [-0.2, -0.15) is 9.13 Å². The number of amidine groups is 4. The van der Waals surface area contributed by atoms with Crippen molar-refractivity contribution in [1.82, 2.24) is 49.0 Å². The van der Waals surface area contributed by atoms with Gasteiger partial charge in [-0.05, 0) is 0 Å². The predicted molar refractivity (Wildman–Crippen MR) is 136 cm³/mol. The van der Waals surface area contributed by atoms with Crippen LogP contribution in [0.1, 0.15) is 22.8 Å². The molecule has 0 N–H and O–H groups in total. The predicted octanol–water partition coefficient (Wildman–Crippen LogP) is -1.13. The maximum absolute atomic E-state index is 5.15. The van der Waals surface area contributed by atoms with Crippen LogP contribution >= 0.6 is 0 Å². The Bertz CT molecular complexity index is 2480. The van der Waals surface area contributed by atoms with Gasteiger partial charge in [-0.15, -0.1) is 9.15 Å². The fraction of sp³-hybridized carbons (Fsp3) is 0.0400. The van der Waals surface area contributed by atoms with Gasteiger partial charge < -0.3 is 0 Å². The molecule has 6 aliphatic heterocycles. The Morgan fingerprint density at radius 3 is 1.34 bits per heavy atom. The lowest BCUT2D eigenvalue weighted by Gasteiger charge is -2.39. The highest BCUT2D eigenvalue weighted by atomic mass is 15.7. The van der Waals surface area contributed by atoms with Crippen LogP contribution in [-0.2, 0) is 5.91 Å². The molecule has 16 nitrogen and oxygen atoms in total. The molecule has 0 saturated carbocycles. The summed E-state index contributed by atoms with van der Waals surface area (Å²) in [6.45, 7) is 0. The lowest BCUT2D eigenvalue weighted by Crippen LogP contribution is -2.71. The zero-order valence-electron chi connectivity index (χ0n) is 20.3. The van der Waals surface area contributed by atoms with Crippen molar-refractivity contribution in [2.75, 3.05) is 0 Å². The highest BCUT2D eigenvalue weighted by molar-refractivity contribution is 6.17. The van der Waals surface area contributed by atoms with E-state index in [0.717, 1.165) is 0 Å². The summed E-state index contributed by atoms with van der Waals surface area (Å²) >= 11 is 0. The van der Waals surface area contributed by atoms with Crippen LogP contribution in [-0.4, -0.2) is 81.5 Å². The molecule has 0 bridgehead atoms. The first kappa shape index (κ1) is 18.9. The standard InChI is InChI=1S/C25H8N16/c1-2-27-10-9(26-1)17-34-19-11-12(29-4-3-28-11)21-36-23-15-16(33-8-7-32-15)24-37-22-14-13(30-5-6-31-14)20-35-18(10)38(17)25(39(19)21,40(20)22)41(23)24/h1-8H/q+2. The van der Waals surface area contributed by atoms with E-state index in [1.807, 2.05) is 18.3 Å². The smallest absolute Gasteiger partial charge is 0.247 e. The summed E-state index contributed by atoms with van der Waals surface area (Å²) in [5, 5.41) is 0. The van der Waals surface area contributed by atoms with Crippen LogP contribution in [0.25, 0.3) is 22.1 Å². The van der Waals surface area contributed by atoms with Crippen LogP contribution in [0.4, 0.5) is 11.6 Å². The molecule has 0 radical (unpaired) electrons. The van der Waals surface area contributed by atoms with E-state index in [-0.39, 0.29) is 0 Å². The van der Waals surface area contributed by atoms with Gasteiger partial charge in [-0.3, -0.25) is 0 Å². The number of aromatic nitrogens is 10. The molecular formula is C25H8N16+2. The lowest BCUT2D eigenvalue weighted by molar-refractivity contribution is -0.790. The maximum atomic E-state index is 5.15. The van der Waals surface area contributed by atoms with E-state index in [2.05, 4.69) is 0 Å². The SMILES string of the molecule is c1cnc2c(n1)C1=Nc3c4nccnc4c4n3C35n6c(c7nccnc7c6=NC6=[N+]3C(=N4)c3nccnc36)=NC2=[N+]15. The molecule has 6 aliphatic rings. The average Bonchev–Trinajstić information content (AvgIpc) is 3.74. The van der Waals surface area contributed by atoms with Crippen LogP contribution < -0.4 is 11.0 Å². The van der Waals surface area contributed by atoms with Crippen LogP contribution in [0.3, 0.4) is 0 Å². The number of hydrogen-bond acceptors (Lipinski definition) is 12. The molecule has 16 heteroatoms. The fourth-order valence-corrected chi connectivity index (χ4v) is 6.87. The van der Waals surface area contributed by atoms with Crippen molar-refractivity contribution in [1.29, 1.82) is 0 Å². The second kappa shape index (κ2) is 5.67. The number of aliphatic imine (C=N–C) groups is 2. The van der Waals surface area contributed by atoms with Crippen molar-refractivity contribution in [2.24, 2.45) is 20.0 Å². The Hall–Kier alpha value is -6.32. The summed E-state index contributed by atoms with van der Waals surface area (Å²) in [5.74, 6) is 2.20. The number of rotatable bonds is 0. The van der Waals surface area contributed by atoms with E-state index < -0.39 is 5.91 Å². The Morgan fingerprint density at radius 2 is 0.854 bits per heavy atom. The number of nitrogens with zero attached hydrogens (tertiary/aromatic N) is 16. The normalized spacial score (nSPS) is 18.4. The maximum Gasteiger partial charge on any atom is 0.405 e. The van der Waals surface area contributed by atoms with Crippen LogP contribution in [0, 0.1) is 0 Å². The Kier molecular flexibility index (Phi) is 2.61. The molecule has 12 rings (SSSR count). The second-order valence-electron chi connectivity index (χ2n) is 9.99. The highest BCUT2D eigenvalue weighted by Gasteiger charge is 2.71. The van der Waals surface area contributed by atoms with Gasteiger partial charge in [0, 0.05) is 49.6 Å². The van der Waals surface area contributed by atoms with Crippen molar-refractivity contribution in [2.45, 2.75) is 5.91 Å². The van der Waals surface area contributed by atoms with Gasteiger partial charge in [0.2, 0.25) is 22.6 Å². The summed E-state index contributed by atoms with van der Waals surface area (Å²) in [7, 11) is 0. The molecule has 0 saturated heterocycles. The summed E-state index contributed by atoms with van der Waals surface area (Å²) in [6.07, 6.45) is 13.2. The van der Waals surface area contributed by atoms with Crippen LogP contribution in [0.5, 0.6) is 0 Å². The first-order valence-electron chi connectivity index (χ1n) is 12.7. The van der Waals surface area contributed by atoms with E-state index in [0.29, 0.717) is 90.8 Å². The van der Waals surface area contributed by atoms with Gasteiger partial charge in [0.25, 0.3) is 23.3 Å². The Labute approximate surface area is 224 Å². The molecule has 186 valence electrons. The van der Waals surface area contributed by atoms with Crippen LogP contribution in [0.2, 0.25) is 0 Å². The van der Waals surface area contributed by atoms with Gasteiger partial charge in [0.1, 0.15) is 0 Å². The van der Waals surface area contributed by atoms with E-state index in [4.69, 9.17) is 59.8 Å². The molecule has 6 aromatic rings. The summed E-state index contributed by atoms with van der Waals surface area (Å²) in [6, 6.07) is 0. The average molecular weight is 532 g/mol. The molecule has 1 spiro atoms. The molecule has 0 aromatic carbocycles. The minimum absolute atomic E-state index is 0.575. The van der Waals surface area contributed by atoms with E-state index in [1.165, 1.54) is 0 Å². The Balaban J connectivity index is 1.45. The topological polar surface area (TPSA) is 168 Å². The minimum Gasteiger partial charge on any atom is -0.247 e. The molecule has 0 amide bonds. The third kappa shape index (κ3) is 1.68. The first-order chi connectivity index (χ1) is 20.4. The number of fused-ring (bicyclic) bond motifs is 12. The Morgan fingerprint density at radius 1 is 0.439 bits per heavy atom. The van der Waals surface area contributed by atoms with Crippen molar-refractivity contribution in [3.8, 4) is 0 Å². The third-order valence-corrected chi connectivity index (χ3v) is 8.23. The molecule has 6 aromatic heterocycles. The highest BCUT2D eigenvalue weighted by Crippen LogP contribution is 2.50. The van der Waals surface area contributed by atoms with Crippen molar-refractivity contribution >= 4 is 57.0 Å². The fourth-order valence-electron chi connectivity index (χ4n) is 6.87. The summed E-state index contributed by atoms with van der Waals surface area (Å²) < 4.78 is 8.16. The molecule has 0 aliphatic carbocycles. The van der Waals surface area contributed by atoms with Gasteiger partial charge in [-0.25, -0.2) is 39.9 Å². The third-order valence-electron chi connectivity index (χ3n) is 8.23. The summed E-state index contributed by atoms with van der Waals surface area (Å²) in [4.78, 5) is 58.3. The van der Waals surface area contributed by atoms with Gasteiger partial charge >= 0.3 is 5.91 Å². The largest absolute Gasteiger partial charge is 0.405 e. The summed E-state index contributed by atoms with van der Waals surface area (Å²) in [5.41, 5.74) is 6.00. The van der Waals surface area contributed by atoms with Gasteiger partial charge in [0.05, 0.1) is 0 Å². The minimum atomic E-state index is -1.24. The van der Waals surface area contributed by atoms with Crippen LogP contribution in [0.15, 0.2) is 69.5 Å². The van der Waals surface area contributed by atoms with Gasteiger partial charge in [0.15, 0.2) is 44.8 Å². The zero-order valence-corrected chi connectivity index (χ0v) is 20.3. The van der Waals surface area contributed by atoms with Gasteiger partial charge in [-0.1, -0.05) is 20.0 Å². The molecule has 0 fully saturated rings. The molecule has 12 heterocycles. The van der Waals surface area contributed by atoms with E-state index >= 15 is 0 Å². The van der Waals surface area contributed by atoms with E-state index in [9.17, 15) is 0 Å². The monoisotopic (exact) mass is 532 g/mol. The molecule has 0 atom stereocenters. The molecule has 41 heavy (non-hydrogen) atoms. The second-order valence-corrected chi connectivity index (χ2v) is 9.99. The van der Waals surface area contributed by atoms with Crippen molar-refractivity contribution in [3.63, 3.8) is 0 Å². The first-order valence-corrected chi connectivity index (χ1v) is 12.7. The molecule has 0 unspecified atom stereocenters. The number of hydrogen-bond donors (Lipinski definition) is 0. The molecular weight excluding hydrogens is 524 g/mol.